The molecule has 1 aliphatic heterocycles. The van der Waals surface area contributed by atoms with Crippen LogP contribution in [0.4, 0.5) is 0 Å². The molecule has 1 aromatic carbocycles. The van der Waals surface area contributed by atoms with E-state index in [2.05, 4.69) is 5.32 Å². The van der Waals surface area contributed by atoms with Crippen molar-refractivity contribution in [3.05, 3.63) is 17.7 Å². The van der Waals surface area contributed by atoms with Crippen molar-refractivity contribution in [2.24, 2.45) is 5.73 Å². The summed E-state index contributed by atoms with van der Waals surface area (Å²) in [6.07, 6.45) is 0.321. The second-order valence-corrected chi connectivity index (χ2v) is 3.92. The molecule has 6 heteroatoms. The highest BCUT2D eigenvalue weighted by atomic mass is 16.7. The third-order valence-corrected chi connectivity index (χ3v) is 2.60. The molecule has 98 valence electrons. The molecule has 0 saturated carbocycles. The first-order valence-corrected chi connectivity index (χ1v) is 5.66. The van der Waals surface area contributed by atoms with Gasteiger partial charge in [0.25, 0.3) is 0 Å². The molecule has 0 aromatic heterocycles. The van der Waals surface area contributed by atoms with Crippen LogP contribution in [0.3, 0.4) is 0 Å². The van der Waals surface area contributed by atoms with Gasteiger partial charge in [0.2, 0.25) is 18.4 Å². The van der Waals surface area contributed by atoms with Gasteiger partial charge in [-0.25, -0.2) is 0 Å². The van der Waals surface area contributed by atoms with Gasteiger partial charge < -0.3 is 25.3 Å². The molecule has 1 amide bonds. The van der Waals surface area contributed by atoms with Crippen LogP contribution in [-0.2, 0) is 11.3 Å². The van der Waals surface area contributed by atoms with E-state index in [1.54, 1.807) is 7.11 Å². The summed E-state index contributed by atoms with van der Waals surface area (Å²) in [7, 11) is 1.58. The third-order valence-electron chi connectivity index (χ3n) is 2.60. The molecule has 3 N–H and O–H groups in total. The van der Waals surface area contributed by atoms with Gasteiger partial charge >= 0.3 is 0 Å². The number of nitrogens with two attached hydrogens (primary N) is 1. The van der Waals surface area contributed by atoms with Crippen molar-refractivity contribution in [1.82, 2.24) is 5.32 Å². The number of methoxy groups -OCH3 is 1. The molecule has 0 spiro atoms. The van der Waals surface area contributed by atoms with E-state index in [4.69, 9.17) is 19.9 Å². The smallest absolute Gasteiger partial charge is 0.231 e. The van der Waals surface area contributed by atoms with E-state index in [1.807, 2.05) is 12.1 Å². The number of nitrogens with one attached hydrogen (secondary N) is 1. The Bertz CT molecular complexity index is 448. The van der Waals surface area contributed by atoms with Crippen molar-refractivity contribution in [2.75, 3.05) is 20.4 Å². The largest absolute Gasteiger partial charge is 0.493 e. The van der Waals surface area contributed by atoms with E-state index in [0.717, 1.165) is 5.56 Å². The average Bonchev–Trinajstić information content (AvgIpc) is 2.81. The van der Waals surface area contributed by atoms with E-state index >= 15 is 0 Å². The number of fused-ring (bicyclic) bond motifs is 1. The molecule has 0 aliphatic carbocycles. The molecule has 0 radical (unpaired) electrons. The fourth-order valence-electron chi connectivity index (χ4n) is 1.73. The van der Waals surface area contributed by atoms with Gasteiger partial charge in [-0.1, -0.05) is 0 Å². The van der Waals surface area contributed by atoms with E-state index in [9.17, 15) is 4.79 Å². The highest BCUT2D eigenvalue weighted by molar-refractivity contribution is 5.73. The standard InChI is InChI=1S/C12H16N2O4/c1-16-9-4-8(6-14-3-2-11(13)15)5-10-12(9)18-7-17-10/h4-5,14H,2-3,6-7H2,1H3,(H2,13,15). The Morgan fingerprint density at radius 3 is 3.06 bits per heavy atom. The zero-order chi connectivity index (χ0) is 13.0. The van der Waals surface area contributed by atoms with Gasteiger partial charge in [0.05, 0.1) is 7.11 Å². The Hall–Kier alpha value is -1.95. The Morgan fingerprint density at radius 2 is 2.33 bits per heavy atom. The number of carbonyl (C=O) groups excluding carboxylic acids is 1. The molecule has 18 heavy (non-hydrogen) atoms. The molecule has 2 rings (SSSR count). The number of amides is 1. The summed E-state index contributed by atoms with van der Waals surface area (Å²) in [5.41, 5.74) is 6.06. The average molecular weight is 252 g/mol. The number of benzene rings is 1. The molecule has 1 aromatic rings. The predicted octanol–water partition coefficient (Wildman–Crippen LogP) is 0.389. The van der Waals surface area contributed by atoms with Crippen molar-refractivity contribution < 1.29 is 19.0 Å². The highest BCUT2D eigenvalue weighted by Gasteiger charge is 2.19. The lowest BCUT2D eigenvalue weighted by Crippen LogP contribution is -2.21. The summed E-state index contributed by atoms with van der Waals surface area (Å²) in [6.45, 7) is 1.37. The summed E-state index contributed by atoms with van der Waals surface area (Å²) in [5.74, 6) is 1.65. The van der Waals surface area contributed by atoms with Gasteiger partial charge in [0.15, 0.2) is 11.5 Å². The zero-order valence-electron chi connectivity index (χ0n) is 10.2. The van der Waals surface area contributed by atoms with Crippen LogP contribution in [0.15, 0.2) is 12.1 Å². The van der Waals surface area contributed by atoms with Crippen molar-refractivity contribution in [3.63, 3.8) is 0 Å². The SMILES string of the molecule is COc1cc(CNCCC(N)=O)cc2c1OCO2. The van der Waals surface area contributed by atoms with Crippen LogP contribution in [0.25, 0.3) is 0 Å². The van der Waals surface area contributed by atoms with Crippen LogP contribution in [0.5, 0.6) is 17.2 Å². The number of primary amides is 1. The van der Waals surface area contributed by atoms with Crippen molar-refractivity contribution >= 4 is 5.91 Å². The number of rotatable bonds is 6. The topological polar surface area (TPSA) is 82.8 Å². The van der Waals surface area contributed by atoms with E-state index in [1.165, 1.54) is 0 Å². The van der Waals surface area contributed by atoms with E-state index < -0.39 is 0 Å². The Kier molecular flexibility index (Phi) is 3.88. The molecule has 6 nitrogen and oxygen atoms in total. The normalized spacial score (nSPS) is 12.5. The minimum absolute atomic E-state index is 0.213. The number of carbonyl (C=O) groups is 1. The van der Waals surface area contributed by atoms with Crippen molar-refractivity contribution in [2.45, 2.75) is 13.0 Å². The second kappa shape index (κ2) is 5.59. The first kappa shape index (κ1) is 12.5. The van der Waals surface area contributed by atoms with Crippen LogP contribution >= 0.6 is 0 Å². The monoisotopic (exact) mass is 252 g/mol. The maximum atomic E-state index is 10.6. The van der Waals surface area contributed by atoms with Crippen LogP contribution in [-0.4, -0.2) is 26.4 Å². The van der Waals surface area contributed by atoms with Gasteiger partial charge in [-0.3, -0.25) is 4.79 Å². The molecule has 0 fully saturated rings. The van der Waals surface area contributed by atoms with E-state index in [0.29, 0.717) is 36.8 Å². The first-order valence-electron chi connectivity index (χ1n) is 5.66. The second-order valence-electron chi connectivity index (χ2n) is 3.92. The molecule has 0 saturated heterocycles. The highest BCUT2D eigenvalue weighted by Crippen LogP contribution is 2.41. The molecule has 0 atom stereocenters. The molecular weight excluding hydrogens is 236 g/mol. The van der Waals surface area contributed by atoms with Gasteiger partial charge in [0.1, 0.15) is 0 Å². The summed E-state index contributed by atoms with van der Waals surface area (Å²) in [5, 5.41) is 3.12. The molecule has 1 aliphatic rings. The summed E-state index contributed by atoms with van der Waals surface area (Å²) >= 11 is 0. The minimum atomic E-state index is -0.314. The molecular formula is C12H16N2O4. The van der Waals surface area contributed by atoms with Gasteiger partial charge in [0, 0.05) is 19.5 Å². The maximum Gasteiger partial charge on any atom is 0.231 e. The van der Waals surface area contributed by atoms with Crippen molar-refractivity contribution in [1.29, 1.82) is 0 Å². The fraction of sp³-hybridized carbons (Fsp3) is 0.417. The van der Waals surface area contributed by atoms with E-state index in [-0.39, 0.29) is 12.7 Å². The summed E-state index contributed by atoms with van der Waals surface area (Å²) < 4.78 is 15.9. The van der Waals surface area contributed by atoms with Gasteiger partial charge in [-0.05, 0) is 17.7 Å². The molecule has 0 bridgehead atoms. The van der Waals surface area contributed by atoms with Gasteiger partial charge in [-0.2, -0.15) is 0 Å². The van der Waals surface area contributed by atoms with Crippen LogP contribution in [0, 0.1) is 0 Å². The number of hydrogen-bond donors (Lipinski definition) is 2. The summed E-state index contributed by atoms with van der Waals surface area (Å²) in [6, 6.07) is 3.77. The van der Waals surface area contributed by atoms with Gasteiger partial charge in [-0.15, -0.1) is 0 Å². The lowest BCUT2D eigenvalue weighted by atomic mass is 10.2. The quantitative estimate of drug-likeness (QED) is 0.716. The Labute approximate surface area is 105 Å². The Balaban J connectivity index is 1.99. The summed E-state index contributed by atoms with van der Waals surface area (Å²) in [4.78, 5) is 10.6. The number of ether oxygens (including phenoxy) is 3. The lowest BCUT2D eigenvalue weighted by molar-refractivity contribution is -0.117. The first-order chi connectivity index (χ1) is 8.70. The molecule has 1 heterocycles. The zero-order valence-corrected chi connectivity index (χ0v) is 10.2. The minimum Gasteiger partial charge on any atom is -0.493 e. The van der Waals surface area contributed by atoms with Crippen LogP contribution in [0.1, 0.15) is 12.0 Å². The fourth-order valence-corrected chi connectivity index (χ4v) is 1.73. The lowest BCUT2D eigenvalue weighted by Gasteiger charge is -2.08. The number of hydrogen-bond acceptors (Lipinski definition) is 5. The van der Waals surface area contributed by atoms with Crippen LogP contribution in [0.2, 0.25) is 0 Å². The predicted molar refractivity (Wildman–Crippen MR) is 64.6 cm³/mol. The maximum absolute atomic E-state index is 10.6. The van der Waals surface area contributed by atoms with Crippen LogP contribution < -0.4 is 25.3 Å². The third kappa shape index (κ3) is 2.84. The van der Waals surface area contributed by atoms with Crippen molar-refractivity contribution in [3.8, 4) is 17.2 Å². The Morgan fingerprint density at radius 1 is 1.50 bits per heavy atom. The molecule has 0 unspecified atom stereocenters.